The molecule has 0 spiro atoms. The standard InChI is InChI=1S/C28H32O6/c1-15(2)27(29)33-13-11-31-25-21(9)17(5)20(8)24-23(25)19(7)18(6)22(10)26(24)32-12-14-34-28(30)16(3)4/h11-14H,1,3H2,2,4-10H3/b13-11-,14-12-. The molecule has 6 nitrogen and oxygen atoms in total. The number of aryl methyl sites for hydroxylation is 2. The van der Waals surface area contributed by atoms with Crippen molar-refractivity contribution < 1.29 is 28.5 Å². The summed E-state index contributed by atoms with van der Waals surface area (Å²) in [5.74, 6) is 0.228. The Bertz CT molecular complexity index is 1150. The van der Waals surface area contributed by atoms with Crippen molar-refractivity contribution in [3.8, 4) is 11.5 Å². The third kappa shape index (κ3) is 5.39. The first kappa shape index (κ1) is 26.5. The van der Waals surface area contributed by atoms with Crippen molar-refractivity contribution in [3.63, 3.8) is 0 Å². The zero-order valence-corrected chi connectivity index (χ0v) is 21.2. The Morgan fingerprint density at radius 3 is 1.18 bits per heavy atom. The first-order valence-corrected chi connectivity index (χ1v) is 10.8. The molecule has 2 aromatic carbocycles. The zero-order valence-electron chi connectivity index (χ0n) is 21.2. The normalized spacial score (nSPS) is 11.2. The van der Waals surface area contributed by atoms with E-state index in [0.29, 0.717) is 22.6 Å². The van der Waals surface area contributed by atoms with E-state index in [-0.39, 0.29) is 0 Å². The van der Waals surface area contributed by atoms with Gasteiger partial charge >= 0.3 is 11.9 Å². The molecule has 0 radical (unpaired) electrons. The Balaban J connectivity index is 2.62. The molecule has 180 valence electrons. The van der Waals surface area contributed by atoms with Gasteiger partial charge in [-0.25, -0.2) is 9.59 Å². The molecule has 6 heteroatoms. The molecular formula is C28H32O6. The van der Waals surface area contributed by atoms with Gasteiger partial charge in [-0.05, 0) is 88.8 Å². The van der Waals surface area contributed by atoms with Gasteiger partial charge in [0, 0.05) is 21.9 Å². The van der Waals surface area contributed by atoms with Crippen LogP contribution in [0.3, 0.4) is 0 Å². The number of fused-ring (bicyclic) bond motifs is 1. The van der Waals surface area contributed by atoms with Crippen molar-refractivity contribution in [1.29, 1.82) is 0 Å². The number of carbonyl (C=O) groups excluding carboxylic acids is 2. The van der Waals surface area contributed by atoms with Gasteiger partial charge in [-0.1, -0.05) is 13.2 Å². The van der Waals surface area contributed by atoms with Crippen molar-refractivity contribution in [1.82, 2.24) is 0 Å². The number of hydrogen-bond donors (Lipinski definition) is 0. The van der Waals surface area contributed by atoms with E-state index < -0.39 is 11.9 Å². The van der Waals surface area contributed by atoms with Gasteiger partial charge in [0.1, 0.15) is 36.5 Å². The van der Waals surface area contributed by atoms with Gasteiger partial charge in [-0.15, -0.1) is 0 Å². The summed E-state index contributed by atoms with van der Waals surface area (Å²) >= 11 is 0. The second-order valence-corrected chi connectivity index (χ2v) is 8.31. The van der Waals surface area contributed by atoms with Gasteiger partial charge in [-0.3, -0.25) is 0 Å². The Kier molecular flexibility index (Phi) is 8.46. The minimum Gasteiger partial charge on any atom is -0.461 e. The van der Waals surface area contributed by atoms with Crippen LogP contribution in [0.25, 0.3) is 10.8 Å². The summed E-state index contributed by atoms with van der Waals surface area (Å²) in [4.78, 5) is 23.3. The predicted molar refractivity (Wildman–Crippen MR) is 134 cm³/mol. The summed E-state index contributed by atoms with van der Waals surface area (Å²) in [7, 11) is 0. The van der Waals surface area contributed by atoms with E-state index in [1.165, 1.54) is 25.0 Å². The maximum Gasteiger partial charge on any atom is 0.338 e. The Morgan fingerprint density at radius 2 is 0.882 bits per heavy atom. The van der Waals surface area contributed by atoms with Crippen LogP contribution in [0.1, 0.15) is 47.2 Å². The minimum absolute atomic E-state index is 0.295. The maximum atomic E-state index is 11.6. The molecule has 0 saturated carbocycles. The fraction of sp³-hybridized carbons (Fsp3) is 0.286. The topological polar surface area (TPSA) is 71.1 Å². The molecule has 34 heavy (non-hydrogen) atoms. The van der Waals surface area contributed by atoms with Crippen LogP contribution < -0.4 is 9.47 Å². The second kappa shape index (κ2) is 10.9. The van der Waals surface area contributed by atoms with Gasteiger partial charge in [-0.2, -0.15) is 0 Å². The molecule has 0 amide bonds. The van der Waals surface area contributed by atoms with Crippen molar-refractivity contribution in [3.05, 3.63) is 82.7 Å². The number of ether oxygens (including phenoxy) is 4. The van der Waals surface area contributed by atoms with E-state index in [2.05, 4.69) is 13.2 Å². The van der Waals surface area contributed by atoms with Gasteiger partial charge in [0.25, 0.3) is 0 Å². The molecule has 2 rings (SSSR count). The molecule has 0 aromatic heterocycles. The Labute approximate surface area is 201 Å². The summed E-state index contributed by atoms with van der Waals surface area (Å²) in [6.07, 6.45) is 5.07. The van der Waals surface area contributed by atoms with Crippen molar-refractivity contribution in [2.45, 2.75) is 55.4 Å². The molecule has 0 fully saturated rings. The van der Waals surface area contributed by atoms with Gasteiger partial charge in [0.2, 0.25) is 0 Å². The van der Waals surface area contributed by atoms with E-state index in [1.807, 2.05) is 41.5 Å². The molecule has 0 aliphatic rings. The third-order valence-electron chi connectivity index (χ3n) is 5.92. The first-order chi connectivity index (χ1) is 15.9. The van der Waals surface area contributed by atoms with Crippen molar-refractivity contribution in [2.75, 3.05) is 0 Å². The average Bonchev–Trinajstić information content (AvgIpc) is 2.79. The smallest absolute Gasteiger partial charge is 0.338 e. The highest BCUT2D eigenvalue weighted by Crippen LogP contribution is 2.45. The third-order valence-corrected chi connectivity index (χ3v) is 5.92. The quantitative estimate of drug-likeness (QED) is 0.248. The van der Waals surface area contributed by atoms with Crippen molar-refractivity contribution in [2.24, 2.45) is 0 Å². The summed E-state index contributed by atoms with van der Waals surface area (Å²) in [6.45, 7) is 22.3. The lowest BCUT2D eigenvalue weighted by molar-refractivity contribution is -0.134. The number of benzene rings is 2. The SMILES string of the molecule is C=C(C)C(=O)O/C=C\Oc1c(C)c(C)c(C)c2c(O/C=C\OC(=O)C(=C)C)c(C)c(C)c(C)c12. The van der Waals surface area contributed by atoms with Crippen LogP contribution in [0.15, 0.2) is 49.4 Å². The number of rotatable bonds is 8. The fourth-order valence-electron chi connectivity index (χ4n) is 3.46. The van der Waals surface area contributed by atoms with Crippen LogP contribution in [-0.2, 0) is 19.1 Å². The predicted octanol–water partition coefficient (Wildman–Crippen LogP) is 6.63. The highest BCUT2D eigenvalue weighted by molar-refractivity contribution is 6.01. The summed E-state index contributed by atoms with van der Waals surface area (Å²) in [6, 6.07) is 0. The van der Waals surface area contributed by atoms with Gasteiger partial charge in [0.15, 0.2) is 0 Å². The molecule has 0 atom stereocenters. The monoisotopic (exact) mass is 464 g/mol. The highest BCUT2D eigenvalue weighted by Gasteiger charge is 2.22. The molecule has 0 heterocycles. The van der Waals surface area contributed by atoms with Crippen LogP contribution >= 0.6 is 0 Å². The first-order valence-electron chi connectivity index (χ1n) is 10.8. The van der Waals surface area contributed by atoms with Gasteiger partial charge in [0.05, 0.1) is 0 Å². The fourth-order valence-corrected chi connectivity index (χ4v) is 3.46. The summed E-state index contributed by atoms with van der Waals surface area (Å²) in [5, 5.41) is 1.78. The molecule has 0 saturated heterocycles. The molecular weight excluding hydrogens is 432 g/mol. The summed E-state index contributed by atoms with van der Waals surface area (Å²) < 4.78 is 22.0. The van der Waals surface area contributed by atoms with Crippen LogP contribution in [0.4, 0.5) is 0 Å². The Hall–Kier alpha value is -3.80. The number of hydrogen-bond acceptors (Lipinski definition) is 6. The molecule has 2 aromatic rings. The summed E-state index contributed by atoms with van der Waals surface area (Å²) in [5.41, 5.74) is 6.69. The number of esters is 2. The second-order valence-electron chi connectivity index (χ2n) is 8.31. The van der Waals surface area contributed by atoms with E-state index in [4.69, 9.17) is 18.9 Å². The van der Waals surface area contributed by atoms with Crippen LogP contribution in [0.2, 0.25) is 0 Å². The molecule has 0 bridgehead atoms. The van der Waals surface area contributed by atoms with Crippen LogP contribution in [0.5, 0.6) is 11.5 Å². The average molecular weight is 465 g/mol. The molecule has 0 aliphatic heterocycles. The largest absolute Gasteiger partial charge is 0.461 e. The van der Waals surface area contributed by atoms with E-state index in [0.717, 1.165) is 44.2 Å². The Morgan fingerprint density at radius 1 is 0.559 bits per heavy atom. The van der Waals surface area contributed by atoms with Crippen LogP contribution in [-0.4, -0.2) is 11.9 Å². The molecule has 0 N–H and O–H groups in total. The molecule has 0 aliphatic carbocycles. The van der Waals surface area contributed by atoms with E-state index in [9.17, 15) is 9.59 Å². The zero-order chi connectivity index (χ0) is 25.7. The van der Waals surface area contributed by atoms with Gasteiger partial charge < -0.3 is 18.9 Å². The lowest BCUT2D eigenvalue weighted by Crippen LogP contribution is -2.03. The lowest BCUT2D eigenvalue weighted by Gasteiger charge is -2.22. The molecule has 0 unspecified atom stereocenters. The highest BCUT2D eigenvalue weighted by atomic mass is 16.5. The van der Waals surface area contributed by atoms with Crippen molar-refractivity contribution >= 4 is 22.7 Å². The van der Waals surface area contributed by atoms with E-state index >= 15 is 0 Å². The number of carbonyl (C=O) groups is 2. The minimum atomic E-state index is -0.529. The van der Waals surface area contributed by atoms with Crippen LogP contribution in [0, 0.1) is 41.5 Å². The lowest BCUT2D eigenvalue weighted by atomic mass is 9.88. The van der Waals surface area contributed by atoms with E-state index in [1.54, 1.807) is 13.8 Å². The maximum absolute atomic E-state index is 11.6.